The Bertz CT molecular complexity index is 1900. The second-order valence-electron chi connectivity index (χ2n) is 9.91. The lowest BCUT2D eigenvalue weighted by atomic mass is 10.1. The number of carbonyl (C=O) groups excluding carboxylic acids is 1. The number of anilines is 3. The van der Waals surface area contributed by atoms with Gasteiger partial charge in [0.15, 0.2) is 23.7 Å². The fraction of sp³-hybridized carbons (Fsp3) is 0.207. The van der Waals surface area contributed by atoms with Crippen LogP contribution in [0.5, 0.6) is 0 Å². The maximum absolute atomic E-state index is 15.7. The molecule has 1 aliphatic rings. The molecule has 1 atom stereocenters. The van der Waals surface area contributed by atoms with Gasteiger partial charge in [-0.2, -0.15) is 10.2 Å². The van der Waals surface area contributed by atoms with Gasteiger partial charge in [-0.3, -0.25) is 9.48 Å². The lowest BCUT2D eigenvalue weighted by Gasteiger charge is -2.23. The lowest BCUT2D eigenvalue weighted by molar-refractivity contribution is -0.0366. The molecule has 12 heteroatoms. The molecule has 2 aromatic carbocycles. The van der Waals surface area contributed by atoms with Crippen molar-refractivity contribution in [2.24, 2.45) is 7.05 Å². The largest absolute Gasteiger partial charge is 0.356 e. The SMILES string of the molecule is Cn1cc(C(=O)Nc2cccc(-n3nc(Nc4ccc5c(cnn5C5CCCCO5)c4F)c4ccccc43)n2)cn1. The van der Waals surface area contributed by atoms with Crippen LogP contribution in [0.4, 0.5) is 21.7 Å². The van der Waals surface area contributed by atoms with Gasteiger partial charge in [0.1, 0.15) is 5.82 Å². The van der Waals surface area contributed by atoms with Crippen molar-refractivity contribution >= 4 is 45.0 Å². The molecule has 1 aliphatic heterocycles. The zero-order valence-corrected chi connectivity index (χ0v) is 22.2. The van der Waals surface area contributed by atoms with Gasteiger partial charge in [-0.05, 0) is 55.7 Å². The third kappa shape index (κ3) is 4.57. The van der Waals surface area contributed by atoms with Crippen molar-refractivity contribution in [3.63, 3.8) is 0 Å². The van der Waals surface area contributed by atoms with Gasteiger partial charge in [-0.15, -0.1) is 5.10 Å². The Morgan fingerprint density at radius 1 is 1.00 bits per heavy atom. The third-order valence-corrected chi connectivity index (χ3v) is 7.14. The van der Waals surface area contributed by atoms with E-state index in [1.54, 1.807) is 57.8 Å². The minimum absolute atomic E-state index is 0.184. The number of ether oxygens (including phenoxy) is 1. The number of hydrogen-bond donors (Lipinski definition) is 2. The van der Waals surface area contributed by atoms with E-state index in [2.05, 4.69) is 25.8 Å². The van der Waals surface area contributed by atoms with E-state index in [9.17, 15) is 4.79 Å². The first kappa shape index (κ1) is 24.9. The van der Waals surface area contributed by atoms with Crippen molar-refractivity contribution in [1.29, 1.82) is 0 Å². The predicted octanol–water partition coefficient (Wildman–Crippen LogP) is 5.34. The number of carbonyl (C=O) groups is 1. The summed E-state index contributed by atoms with van der Waals surface area (Å²) in [6.45, 7) is 0.679. The summed E-state index contributed by atoms with van der Waals surface area (Å²) < 4.78 is 26.6. The van der Waals surface area contributed by atoms with E-state index in [4.69, 9.17) is 9.84 Å². The molecule has 7 rings (SSSR count). The van der Waals surface area contributed by atoms with Crippen molar-refractivity contribution in [2.75, 3.05) is 17.2 Å². The molecule has 6 aromatic rings. The molecule has 0 saturated carbocycles. The standard InChI is InChI=1S/C29H26FN9O2/c1-37-17-18(15-31-37)29(40)35-24-9-6-10-25(34-24)38-22-8-3-2-7-19(22)28(36-38)33-21-12-13-23-20(27(21)30)16-32-39(23)26-11-4-5-14-41-26/h2-3,6-10,12-13,15-17,26H,4-5,11,14H2,1H3,(H,33,36)(H,34,35,40). The van der Waals surface area contributed by atoms with Gasteiger partial charge in [-0.1, -0.05) is 18.2 Å². The number of rotatable bonds is 6. The number of hydrogen-bond acceptors (Lipinski definition) is 7. The molecule has 0 spiro atoms. The second kappa shape index (κ2) is 10.1. The number of fused-ring (bicyclic) bond motifs is 2. The number of nitrogens with zero attached hydrogens (tertiary/aromatic N) is 7. The van der Waals surface area contributed by atoms with Crippen LogP contribution >= 0.6 is 0 Å². The first-order chi connectivity index (χ1) is 20.0. The summed E-state index contributed by atoms with van der Waals surface area (Å²) >= 11 is 0. The molecule has 1 saturated heterocycles. The van der Waals surface area contributed by atoms with Gasteiger partial charge in [-0.25, -0.2) is 18.7 Å². The molecule has 206 valence electrons. The lowest BCUT2D eigenvalue weighted by Crippen LogP contribution is -2.18. The Kier molecular flexibility index (Phi) is 6.16. The molecule has 1 fully saturated rings. The van der Waals surface area contributed by atoms with Crippen LogP contribution < -0.4 is 10.6 Å². The molecule has 1 amide bonds. The first-order valence-electron chi connectivity index (χ1n) is 13.3. The predicted molar refractivity (Wildman–Crippen MR) is 152 cm³/mol. The summed E-state index contributed by atoms with van der Waals surface area (Å²) in [5, 5.41) is 20.4. The van der Waals surface area contributed by atoms with Gasteiger partial charge in [0.05, 0.1) is 40.1 Å². The van der Waals surface area contributed by atoms with Gasteiger partial charge in [0.2, 0.25) is 0 Å². The number of aryl methyl sites for hydroxylation is 1. The van der Waals surface area contributed by atoms with Crippen molar-refractivity contribution in [3.8, 4) is 5.82 Å². The fourth-order valence-corrected chi connectivity index (χ4v) is 5.13. The maximum Gasteiger partial charge on any atom is 0.260 e. The van der Waals surface area contributed by atoms with Crippen molar-refractivity contribution < 1.29 is 13.9 Å². The number of benzene rings is 2. The van der Waals surface area contributed by atoms with Crippen LogP contribution in [0.3, 0.4) is 0 Å². The van der Waals surface area contributed by atoms with Gasteiger partial charge in [0, 0.05) is 25.2 Å². The van der Waals surface area contributed by atoms with E-state index in [0.29, 0.717) is 40.5 Å². The highest BCUT2D eigenvalue weighted by Gasteiger charge is 2.22. The highest BCUT2D eigenvalue weighted by atomic mass is 19.1. The van der Waals surface area contributed by atoms with Crippen LogP contribution in [0, 0.1) is 5.82 Å². The number of aromatic nitrogens is 7. The van der Waals surface area contributed by atoms with Crippen LogP contribution in [-0.2, 0) is 11.8 Å². The summed E-state index contributed by atoms with van der Waals surface area (Å²) in [7, 11) is 1.74. The molecular formula is C29H26FN9O2. The van der Waals surface area contributed by atoms with E-state index < -0.39 is 5.82 Å². The van der Waals surface area contributed by atoms with Gasteiger partial charge in [0.25, 0.3) is 5.91 Å². The zero-order chi connectivity index (χ0) is 27.9. The average molecular weight is 552 g/mol. The molecule has 0 bridgehead atoms. The van der Waals surface area contributed by atoms with E-state index >= 15 is 4.39 Å². The van der Waals surface area contributed by atoms with Crippen LogP contribution in [0.25, 0.3) is 27.6 Å². The number of amides is 1. The third-order valence-electron chi connectivity index (χ3n) is 7.14. The Morgan fingerprint density at radius 2 is 1.90 bits per heavy atom. The van der Waals surface area contributed by atoms with Crippen LogP contribution in [0.2, 0.25) is 0 Å². The van der Waals surface area contributed by atoms with Crippen LogP contribution in [0.1, 0.15) is 35.8 Å². The number of para-hydroxylation sites is 1. The maximum atomic E-state index is 15.7. The molecule has 1 unspecified atom stereocenters. The van der Waals surface area contributed by atoms with Gasteiger partial charge < -0.3 is 15.4 Å². The highest BCUT2D eigenvalue weighted by Crippen LogP contribution is 2.33. The smallest absolute Gasteiger partial charge is 0.260 e. The van der Waals surface area contributed by atoms with Crippen molar-refractivity contribution in [2.45, 2.75) is 25.5 Å². The summed E-state index contributed by atoms with van der Waals surface area (Å²) in [4.78, 5) is 17.2. The number of pyridine rings is 1. The molecule has 5 heterocycles. The summed E-state index contributed by atoms with van der Waals surface area (Å²) in [5.41, 5.74) is 2.15. The first-order valence-corrected chi connectivity index (χ1v) is 13.3. The number of nitrogens with one attached hydrogen (secondary N) is 2. The molecule has 4 aromatic heterocycles. The summed E-state index contributed by atoms with van der Waals surface area (Å²) in [6.07, 6.45) is 7.41. The van der Waals surface area contributed by atoms with E-state index in [1.807, 2.05) is 30.3 Å². The van der Waals surface area contributed by atoms with E-state index in [-0.39, 0.29) is 17.8 Å². The minimum atomic E-state index is -0.415. The molecule has 41 heavy (non-hydrogen) atoms. The normalized spacial score (nSPS) is 15.4. The molecule has 11 nitrogen and oxygen atoms in total. The monoisotopic (exact) mass is 551 g/mol. The number of halogens is 1. The summed E-state index contributed by atoms with van der Waals surface area (Å²) in [5.74, 6) is 0.582. The molecule has 2 N–H and O–H groups in total. The molecular weight excluding hydrogens is 525 g/mol. The van der Waals surface area contributed by atoms with Crippen LogP contribution in [0.15, 0.2) is 73.2 Å². The van der Waals surface area contributed by atoms with Gasteiger partial charge >= 0.3 is 0 Å². The average Bonchev–Trinajstić information content (AvgIpc) is 3.73. The topological polar surface area (TPSA) is 117 Å². The fourth-order valence-electron chi connectivity index (χ4n) is 5.13. The highest BCUT2D eigenvalue weighted by molar-refractivity contribution is 6.03. The Morgan fingerprint density at radius 3 is 2.73 bits per heavy atom. The Labute approximate surface area is 233 Å². The second-order valence-corrected chi connectivity index (χ2v) is 9.91. The summed E-state index contributed by atoms with van der Waals surface area (Å²) in [6, 6.07) is 16.4. The van der Waals surface area contributed by atoms with Crippen molar-refractivity contribution in [1.82, 2.24) is 34.3 Å². The quantitative estimate of drug-likeness (QED) is 0.287. The Balaban J connectivity index is 1.21. The van der Waals surface area contributed by atoms with E-state index in [0.717, 1.165) is 30.2 Å². The molecule has 0 radical (unpaired) electrons. The Hall–Kier alpha value is -5.10. The zero-order valence-electron chi connectivity index (χ0n) is 22.2. The van der Waals surface area contributed by atoms with E-state index in [1.165, 1.54) is 6.20 Å². The van der Waals surface area contributed by atoms with Crippen molar-refractivity contribution in [3.05, 3.63) is 84.6 Å². The molecule has 0 aliphatic carbocycles. The minimum Gasteiger partial charge on any atom is -0.356 e. The van der Waals surface area contributed by atoms with Crippen LogP contribution in [-0.4, -0.2) is 46.8 Å².